The number of nitrogens with zero attached hydrogens (tertiary/aromatic N) is 1. The lowest BCUT2D eigenvalue weighted by Gasteiger charge is -2.32. The first-order valence-electron chi connectivity index (χ1n) is 12.3. The van der Waals surface area contributed by atoms with Crippen LogP contribution < -0.4 is 10.1 Å². The second-order valence-corrected chi connectivity index (χ2v) is 9.13. The summed E-state index contributed by atoms with van der Waals surface area (Å²) in [6.45, 7) is 6.99. The van der Waals surface area contributed by atoms with Crippen molar-refractivity contribution in [2.24, 2.45) is 0 Å². The highest BCUT2D eigenvalue weighted by molar-refractivity contribution is 5.87. The maximum absolute atomic E-state index is 13.3. The first-order valence-corrected chi connectivity index (χ1v) is 12.3. The summed E-state index contributed by atoms with van der Waals surface area (Å²) in [6.07, 6.45) is 5.94. The summed E-state index contributed by atoms with van der Waals surface area (Å²) in [7, 11) is 0. The van der Waals surface area contributed by atoms with Gasteiger partial charge in [0.05, 0.1) is 6.61 Å². The van der Waals surface area contributed by atoms with E-state index in [4.69, 9.17) is 4.74 Å². The van der Waals surface area contributed by atoms with Gasteiger partial charge in [-0.3, -0.25) is 9.59 Å². The Morgan fingerprint density at radius 1 is 1.06 bits per heavy atom. The number of benzene rings is 2. The highest BCUT2D eigenvalue weighted by Crippen LogP contribution is 2.21. The Labute approximate surface area is 198 Å². The lowest BCUT2D eigenvalue weighted by Crippen LogP contribution is -2.51. The van der Waals surface area contributed by atoms with E-state index in [1.165, 1.54) is 5.56 Å². The van der Waals surface area contributed by atoms with Gasteiger partial charge in [-0.05, 0) is 62.8 Å². The van der Waals surface area contributed by atoms with Crippen LogP contribution in [0.25, 0.3) is 0 Å². The number of carbonyl (C=O) groups is 2. The van der Waals surface area contributed by atoms with Crippen molar-refractivity contribution >= 4 is 11.8 Å². The zero-order valence-electron chi connectivity index (χ0n) is 20.3. The van der Waals surface area contributed by atoms with Crippen LogP contribution in [-0.4, -0.2) is 35.4 Å². The smallest absolute Gasteiger partial charge is 0.243 e. The molecule has 1 unspecified atom stereocenters. The number of hydrogen-bond donors (Lipinski definition) is 1. The number of hydrogen-bond acceptors (Lipinski definition) is 3. The Morgan fingerprint density at radius 2 is 1.76 bits per heavy atom. The minimum Gasteiger partial charge on any atom is -0.494 e. The zero-order chi connectivity index (χ0) is 23.6. The third kappa shape index (κ3) is 7.34. The Balaban J connectivity index is 1.65. The standard InChI is InChI=1S/C28H38N2O3/c1-4-26(28(32)29-24-12-7-8-13-24)30(20-23-11-6-5-10-22(23)3)27(31)14-9-19-33-25-17-15-21(2)16-18-25/h5-6,10-11,15-18,24,26H,4,7-9,12-14,19-20H2,1-3H3,(H,29,32). The summed E-state index contributed by atoms with van der Waals surface area (Å²) >= 11 is 0. The fraction of sp³-hybridized carbons (Fsp3) is 0.500. The molecule has 0 aromatic heterocycles. The van der Waals surface area contributed by atoms with E-state index in [0.29, 0.717) is 32.4 Å². The highest BCUT2D eigenvalue weighted by atomic mass is 16.5. The van der Waals surface area contributed by atoms with Crippen LogP contribution in [0.3, 0.4) is 0 Å². The lowest BCUT2D eigenvalue weighted by atomic mass is 10.0. The van der Waals surface area contributed by atoms with Gasteiger partial charge in [-0.15, -0.1) is 0 Å². The molecule has 0 radical (unpaired) electrons. The minimum atomic E-state index is -0.462. The Morgan fingerprint density at radius 3 is 2.42 bits per heavy atom. The van der Waals surface area contributed by atoms with E-state index in [0.717, 1.165) is 42.6 Å². The molecular formula is C28H38N2O3. The molecule has 1 atom stereocenters. The van der Waals surface area contributed by atoms with Crippen LogP contribution in [-0.2, 0) is 16.1 Å². The summed E-state index contributed by atoms with van der Waals surface area (Å²) in [6, 6.07) is 15.8. The van der Waals surface area contributed by atoms with E-state index in [-0.39, 0.29) is 17.9 Å². The largest absolute Gasteiger partial charge is 0.494 e. The molecule has 3 rings (SSSR count). The molecule has 0 aliphatic heterocycles. The van der Waals surface area contributed by atoms with Crippen molar-refractivity contribution in [3.63, 3.8) is 0 Å². The van der Waals surface area contributed by atoms with Crippen LogP contribution in [0.4, 0.5) is 0 Å². The Hall–Kier alpha value is -2.82. The van der Waals surface area contributed by atoms with E-state index < -0.39 is 6.04 Å². The van der Waals surface area contributed by atoms with Crippen LogP contribution in [0.2, 0.25) is 0 Å². The third-order valence-electron chi connectivity index (χ3n) is 6.51. The van der Waals surface area contributed by atoms with Crippen molar-refractivity contribution in [2.75, 3.05) is 6.61 Å². The minimum absolute atomic E-state index is 0.000758. The van der Waals surface area contributed by atoms with Crippen molar-refractivity contribution < 1.29 is 14.3 Å². The second-order valence-electron chi connectivity index (χ2n) is 9.13. The Kier molecular flexibility index (Phi) is 9.35. The Bertz CT molecular complexity index is 904. The molecule has 5 nitrogen and oxygen atoms in total. The molecule has 1 aliphatic rings. The first-order chi connectivity index (χ1) is 16.0. The molecule has 2 amide bonds. The fourth-order valence-electron chi connectivity index (χ4n) is 4.45. The summed E-state index contributed by atoms with van der Waals surface area (Å²) in [5, 5.41) is 3.20. The van der Waals surface area contributed by atoms with Gasteiger partial charge in [0, 0.05) is 19.0 Å². The molecule has 33 heavy (non-hydrogen) atoms. The van der Waals surface area contributed by atoms with Crippen molar-refractivity contribution in [3.05, 3.63) is 65.2 Å². The third-order valence-corrected chi connectivity index (χ3v) is 6.51. The SMILES string of the molecule is CCC(C(=O)NC1CCCC1)N(Cc1ccccc1C)C(=O)CCCOc1ccc(C)cc1. The molecule has 1 fully saturated rings. The van der Waals surface area contributed by atoms with E-state index in [9.17, 15) is 9.59 Å². The lowest BCUT2D eigenvalue weighted by molar-refractivity contribution is -0.141. The molecule has 1 N–H and O–H groups in total. The van der Waals surface area contributed by atoms with Crippen molar-refractivity contribution in [3.8, 4) is 5.75 Å². The van der Waals surface area contributed by atoms with Gasteiger partial charge in [-0.1, -0.05) is 61.7 Å². The molecule has 178 valence electrons. The zero-order valence-corrected chi connectivity index (χ0v) is 20.3. The van der Waals surface area contributed by atoms with E-state index in [1.54, 1.807) is 4.90 Å². The molecule has 1 saturated carbocycles. The highest BCUT2D eigenvalue weighted by Gasteiger charge is 2.30. The molecule has 0 spiro atoms. The van der Waals surface area contributed by atoms with E-state index >= 15 is 0 Å². The number of nitrogens with one attached hydrogen (secondary N) is 1. The van der Waals surface area contributed by atoms with Crippen LogP contribution in [0, 0.1) is 13.8 Å². The van der Waals surface area contributed by atoms with Gasteiger partial charge in [-0.25, -0.2) is 0 Å². The normalized spacial score (nSPS) is 14.6. The maximum Gasteiger partial charge on any atom is 0.243 e. The summed E-state index contributed by atoms with van der Waals surface area (Å²) in [5.41, 5.74) is 3.39. The van der Waals surface area contributed by atoms with Crippen LogP contribution in [0.1, 0.15) is 68.6 Å². The van der Waals surface area contributed by atoms with Gasteiger partial charge in [0.2, 0.25) is 11.8 Å². The first kappa shape index (κ1) is 24.8. The van der Waals surface area contributed by atoms with Crippen molar-refractivity contribution in [1.29, 1.82) is 0 Å². The number of carbonyl (C=O) groups excluding carboxylic acids is 2. The number of ether oxygens (including phenoxy) is 1. The summed E-state index contributed by atoms with van der Waals surface area (Å²) < 4.78 is 5.80. The second kappa shape index (κ2) is 12.4. The van der Waals surface area contributed by atoms with Gasteiger partial charge >= 0.3 is 0 Å². The van der Waals surface area contributed by atoms with Gasteiger partial charge in [0.25, 0.3) is 0 Å². The molecule has 1 aliphatic carbocycles. The van der Waals surface area contributed by atoms with Gasteiger partial charge in [0.1, 0.15) is 11.8 Å². The summed E-state index contributed by atoms with van der Waals surface area (Å²) in [5.74, 6) is 0.786. The van der Waals surface area contributed by atoms with Crippen molar-refractivity contribution in [1.82, 2.24) is 10.2 Å². The number of aryl methyl sites for hydroxylation is 2. The summed E-state index contributed by atoms with van der Waals surface area (Å²) in [4.78, 5) is 28.3. The molecule has 2 aromatic carbocycles. The quantitative estimate of drug-likeness (QED) is 0.471. The molecule has 0 heterocycles. The van der Waals surface area contributed by atoms with Crippen molar-refractivity contribution in [2.45, 2.75) is 84.3 Å². The van der Waals surface area contributed by atoms with Crippen LogP contribution in [0.5, 0.6) is 5.75 Å². The number of amides is 2. The van der Waals surface area contributed by atoms with Gasteiger partial charge in [-0.2, -0.15) is 0 Å². The predicted octanol–water partition coefficient (Wildman–Crippen LogP) is 5.33. The number of rotatable bonds is 11. The van der Waals surface area contributed by atoms with Gasteiger partial charge < -0.3 is 15.0 Å². The van der Waals surface area contributed by atoms with Crippen LogP contribution >= 0.6 is 0 Å². The molecule has 2 aromatic rings. The fourth-order valence-corrected chi connectivity index (χ4v) is 4.45. The van der Waals surface area contributed by atoms with Crippen LogP contribution in [0.15, 0.2) is 48.5 Å². The van der Waals surface area contributed by atoms with Gasteiger partial charge in [0.15, 0.2) is 0 Å². The molecular weight excluding hydrogens is 412 g/mol. The van der Waals surface area contributed by atoms with E-state index in [1.807, 2.05) is 69.3 Å². The topological polar surface area (TPSA) is 58.6 Å². The molecule has 0 bridgehead atoms. The van der Waals surface area contributed by atoms with E-state index in [2.05, 4.69) is 5.32 Å². The average molecular weight is 451 g/mol. The molecule has 5 heteroatoms. The molecule has 0 saturated heterocycles. The average Bonchev–Trinajstić information content (AvgIpc) is 3.32. The predicted molar refractivity (Wildman–Crippen MR) is 132 cm³/mol. The maximum atomic E-state index is 13.3. The monoisotopic (exact) mass is 450 g/mol.